The molecule has 0 saturated heterocycles. The number of anilines is 1. The summed E-state index contributed by atoms with van der Waals surface area (Å²) in [6.45, 7) is 0.846. The molecule has 5 N–H and O–H groups in total. The van der Waals surface area contributed by atoms with E-state index in [0.717, 1.165) is 35.1 Å². The van der Waals surface area contributed by atoms with Gasteiger partial charge < -0.3 is 30.6 Å². The second-order valence-corrected chi connectivity index (χ2v) is 8.44. The second kappa shape index (κ2) is 9.13. The predicted molar refractivity (Wildman–Crippen MR) is 132 cm³/mol. The monoisotopic (exact) mass is 448 g/mol. The molecule has 0 spiro atoms. The fourth-order valence-electron chi connectivity index (χ4n) is 4.10. The fourth-order valence-corrected chi connectivity index (χ4v) is 4.10. The van der Waals surface area contributed by atoms with Gasteiger partial charge in [-0.15, -0.1) is 0 Å². The van der Waals surface area contributed by atoms with Crippen molar-refractivity contribution in [3.05, 3.63) is 66.1 Å². The zero-order valence-corrected chi connectivity index (χ0v) is 19.8. The van der Waals surface area contributed by atoms with Crippen LogP contribution in [0, 0.1) is 0 Å². The van der Waals surface area contributed by atoms with Crippen molar-refractivity contribution in [3.8, 4) is 11.3 Å². The van der Waals surface area contributed by atoms with Crippen LogP contribution in [0.15, 0.2) is 66.1 Å². The van der Waals surface area contributed by atoms with Gasteiger partial charge in [0.2, 0.25) is 11.8 Å². The molecule has 1 aromatic carbocycles. The van der Waals surface area contributed by atoms with E-state index >= 15 is 0 Å². The number of aromatic nitrogens is 3. The molecule has 1 atom stereocenters. The zero-order valence-electron chi connectivity index (χ0n) is 19.8. The number of benzene rings is 1. The molecular formula is C24H32N8O. The smallest absolute Gasteiger partial charge is 0.227 e. The molecule has 3 heterocycles. The second-order valence-electron chi connectivity index (χ2n) is 8.44. The lowest BCUT2D eigenvalue weighted by molar-refractivity contribution is 0.189. The molecule has 9 nitrogen and oxygen atoms in total. The Balaban J connectivity index is 1.64. The minimum atomic E-state index is -0.605. The maximum Gasteiger partial charge on any atom is 0.227 e. The van der Waals surface area contributed by atoms with Crippen molar-refractivity contribution in [1.29, 1.82) is 0 Å². The average molecular weight is 449 g/mol. The number of nitrogens with zero attached hydrogens (tertiary/aromatic N) is 4. The summed E-state index contributed by atoms with van der Waals surface area (Å²) in [4.78, 5) is 11.3. The van der Waals surface area contributed by atoms with Crippen LogP contribution in [0.25, 0.3) is 22.2 Å². The average Bonchev–Trinajstić information content (AvgIpc) is 3.16. The number of likely N-dealkylation sites (N-methyl/N-ethyl adjacent to an activating group) is 1. The Morgan fingerprint density at radius 1 is 1.24 bits per heavy atom. The number of aryl methyl sites for hydroxylation is 1. The number of rotatable bonds is 8. The number of methoxy groups -OCH3 is 1. The number of hydrogen-bond acceptors (Lipinski definition) is 8. The first-order chi connectivity index (χ1) is 15.9. The van der Waals surface area contributed by atoms with Crippen LogP contribution in [0.3, 0.4) is 0 Å². The summed E-state index contributed by atoms with van der Waals surface area (Å²) >= 11 is 0. The summed E-state index contributed by atoms with van der Waals surface area (Å²) in [7, 11) is 9.61. The molecule has 33 heavy (non-hydrogen) atoms. The lowest BCUT2D eigenvalue weighted by Gasteiger charge is -2.40. The molecule has 3 aromatic rings. The number of para-hydroxylation sites is 1. The topological polar surface area (TPSA) is 105 Å². The molecule has 0 radical (unpaired) electrons. The summed E-state index contributed by atoms with van der Waals surface area (Å²) in [5, 5.41) is 11.2. The molecule has 0 amide bonds. The molecule has 2 aromatic heterocycles. The van der Waals surface area contributed by atoms with E-state index in [1.54, 1.807) is 13.3 Å². The fraction of sp³-hybridized carbons (Fsp3) is 0.333. The number of nitrogens with one attached hydrogen (secondary N) is 3. The third-order valence-electron chi connectivity index (χ3n) is 6.00. The Bertz CT molecular complexity index is 1210. The molecule has 174 valence electrons. The Labute approximate surface area is 194 Å². The lowest BCUT2D eigenvalue weighted by Crippen LogP contribution is -2.61. The molecule has 1 aliphatic rings. The van der Waals surface area contributed by atoms with Crippen molar-refractivity contribution >= 4 is 16.9 Å². The Morgan fingerprint density at radius 3 is 2.76 bits per heavy atom. The van der Waals surface area contributed by atoms with E-state index in [4.69, 9.17) is 15.5 Å². The van der Waals surface area contributed by atoms with E-state index in [-0.39, 0.29) is 0 Å². The van der Waals surface area contributed by atoms with Gasteiger partial charge in [-0.1, -0.05) is 18.2 Å². The van der Waals surface area contributed by atoms with Gasteiger partial charge in [0.05, 0.1) is 18.5 Å². The zero-order chi connectivity index (χ0) is 23.6. The van der Waals surface area contributed by atoms with Gasteiger partial charge in [-0.25, -0.2) is 9.97 Å². The highest BCUT2D eigenvalue weighted by Gasteiger charge is 2.36. The van der Waals surface area contributed by atoms with E-state index < -0.39 is 5.66 Å². The maximum absolute atomic E-state index is 6.50. The van der Waals surface area contributed by atoms with Gasteiger partial charge in [-0.3, -0.25) is 5.32 Å². The van der Waals surface area contributed by atoms with E-state index in [1.807, 2.05) is 52.5 Å². The summed E-state index contributed by atoms with van der Waals surface area (Å²) in [6.07, 6.45) is 6.46. The Kier molecular flexibility index (Phi) is 6.26. The van der Waals surface area contributed by atoms with Crippen LogP contribution in [0.4, 0.5) is 5.95 Å². The van der Waals surface area contributed by atoms with Gasteiger partial charge in [-0.05, 0) is 39.4 Å². The minimum absolute atomic E-state index is 0.459. The molecule has 1 unspecified atom stereocenters. The first-order valence-corrected chi connectivity index (χ1v) is 10.9. The number of ether oxygens (including phenoxy) is 1. The normalized spacial score (nSPS) is 18.4. The highest BCUT2D eigenvalue weighted by molar-refractivity contribution is 5.95. The number of dihydropyridines is 1. The van der Waals surface area contributed by atoms with E-state index in [0.29, 0.717) is 23.2 Å². The van der Waals surface area contributed by atoms with Crippen LogP contribution in [-0.2, 0) is 11.8 Å². The number of hydrogen-bond donors (Lipinski definition) is 4. The molecule has 4 rings (SSSR count). The summed E-state index contributed by atoms with van der Waals surface area (Å²) in [5.74, 6) is 1.03. The van der Waals surface area contributed by atoms with Crippen molar-refractivity contribution in [3.63, 3.8) is 0 Å². The van der Waals surface area contributed by atoms with Crippen LogP contribution in [0.5, 0.6) is 0 Å². The van der Waals surface area contributed by atoms with Crippen LogP contribution >= 0.6 is 0 Å². The SMILES string of the molecule is CNC1(CCN(C)C)NC(OC)=C(Nc2nccc(-c3cn(C)c4ccccc34)n2)C=C1N. The van der Waals surface area contributed by atoms with Gasteiger partial charge in [0.25, 0.3) is 0 Å². The third-order valence-corrected chi connectivity index (χ3v) is 6.00. The maximum atomic E-state index is 6.50. The van der Waals surface area contributed by atoms with Crippen molar-refractivity contribution < 1.29 is 4.74 Å². The largest absolute Gasteiger partial charge is 0.481 e. The predicted octanol–water partition coefficient (Wildman–Crippen LogP) is 2.18. The van der Waals surface area contributed by atoms with Crippen molar-refractivity contribution in [2.24, 2.45) is 12.8 Å². The minimum Gasteiger partial charge on any atom is -0.481 e. The molecule has 0 saturated carbocycles. The van der Waals surface area contributed by atoms with Gasteiger partial charge in [-0.2, -0.15) is 0 Å². The molecular weight excluding hydrogens is 416 g/mol. The van der Waals surface area contributed by atoms with Crippen molar-refractivity contribution in [2.75, 3.05) is 40.1 Å². The van der Waals surface area contributed by atoms with Gasteiger partial charge in [0, 0.05) is 48.9 Å². The Morgan fingerprint density at radius 2 is 2.03 bits per heavy atom. The highest BCUT2D eigenvalue weighted by Crippen LogP contribution is 2.30. The molecule has 9 heteroatoms. The Hall–Kier alpha value is -3.56. The van der Waals surface area contributed by atoms with Gasteiger partial charge in [0.1, 0.15) is 11.4 Å². The molecule has 0 bridgehead atoms. The summed E-state index contributed by atoms with van der Waals surface area (Å²) < 4.78 is 7.76. The summed E-state index contributed by atoms with van der Waals surface area (Å²) in [6, 6.07) is 10.2. The molecule has 0 aliphatic carbocycles. The number of allylic oxidation sites excluding steroid dienone is 1. The lowest BCUT2D eigenvalue weighted by atomic mass is 9.98. The van der Waals surface area contributed by atoms with E-state index in [9.17, 15) is 0 Å². The first-order valence-electron chi connectivity index (χ1n) is 10.9. The van der Waals surface area contributed by atoms with Gasteiger partial charge >= 0.3 is 0 Å². The van der Waals surface area contributed by atoms with Crippen molar-refractivity contribution in [1.82, 2.24) is 30.1 Å². The van der Waals surface area contributed by atoms with Crippen LogP contribution in [-0.4, -0.2) is 59.9 Å². The first kappa shape index (κ1) is 22.6. The standard InChI is InChI=1S/C24H32N8O/c1-26-24(11-13-31(2)3)21(25)14-19(22(30-24)33-5)29-23-27-12-10-18(28-23)17-15-32(4)20-9-7-6-8-16(17)20/h6-10,12,14-15,26,30H,11,13,25H2,1-5H3,(H,27,28,29). The van der Waals surface area contributed by atoms with Gasteiger partial charge in [0.15, 0.2) is 0 Å². The highest BCUT2D eigenvalue weighted by atomic mass is 16.5. The number of nitrogens with two attached hydrogens (primary N) is 1. The number of fused-ring (bicyclic) bond motifs is 1. The van der Waals surface area contributed by atoms with E-state index in [2.05, 4.69) is 48.7 Å². The van der Waals surface area contributed by atoms with Crippen molar-refractivity contribution in [2.45, 2.75) is 12.1 Å². The molecule has 0 fully saturated rings. The van der Waals surface area contributed by atoms with Crippen LogP contribution < -0.4 is 21.7 Å². The third kappa shape index (κ3) is 4.37. The van der Waals surface area contributed by atoms with Crippen LogP contribution in [0.2, 0.25) is 0 Å². The summed E-state index contributed by atoms with van der Waals surface area (Å²) in [5.41, 5.74) is 10.3. The van der Waals surface area contributed by atoms with E-state index in [1.165, 1.54) is 0 Å². The molecule has 1 aliphatic heterocycles. The van der Waals surface area contributed by atoms with Crippen LogP contribution in [0.1, 0.15) is 6.42 Å². The quantitative estimate of drug-likeness (QED) is 0.416.